The standard InChI is InChI=1S/C24H16F6N2O4/c1-2-34-22(33)19-11-17-18(31-19)12-20(35-15-7-3-5-13(9-15)23(25,26)27)32-21(17)36-16-8-4-6-14(10-16)24(28,29)30/h3-12,31H,2H2,1H3. The van der Waals surface area contributed by atoms with Gasteiger partial charge in [0.1, 0.15) is 17.2 Å². The number of benzene rings is 2. The molecule has 4 aromatic rings. The Balaban J connectivity index is 1.77. The smallest absolute Gasteiger partial charge is 0.416 e. The maximum Gasteiger partial charge on any atom is 0.416 e. The van der Waals surface area contributed by atoms with Gasteiger partial charge in [0.15, 0.2) is 0 Å². The van der Waals surface area contributed by atoms with Crippen molar-refractivity contribution in [3.63, 3.8) is 0 Å². The second kappa shape index (κ2) is 9.44. The third kappa shape index (κ3) is 5.53. The second-order valence-corrected chi connectivity index (χ2v) is 7.39. The molecule has 188 valence electrons. The maximum atomic E-state index is 13.1. The van der Waals surface area contributed by atoms with E-state index in [2.05, 4.69) is 9.97 Å². The molecule has 0 fully saturated rings. The van der Waals surface area contributed by atoms with E-state index >= 15 is 0 Å². The van der Waals surface area contributed by atoms with Crippen LogP contribution in [-0.4, -0.2) is 22.5 Å². The van der Waals surface area contributed by atoms with Gasteiger partial charge in [-0.2, -0.15) is 31.3 Å². The van der Waals surface area contributed by atoms with Gasteiger partial charge in [0, 0.05) is 6.07 Å². The molecular formula is C24H16F6N2O4. The van der Waals surface area contributed by atoms with Gasteiger partial charge >= 0.3 is 18.3 Å². The molecule has 2 aromatic carbocycles. The quantitative estimate of drug-likeness (QED) is 0.217. The summed E-state index contributed by atoms with van der Waals surface area (Å²) >= 11 is 0. The van der Waals surface area contributed by atoms with E-state index in [1.807, 2.05) is 0 Å². The first-order valence-electron chi connectivity index (χ1n) is 10.3. The summed E-state index contributed by atoms with van der Waals surface area (Å²) in [5, 5.41) is 0.201. The number of ether oxygens (including phenoxy) is 3. The molecule has 0 bridgehead atoms. The number of halogens is 6. The number of pyridine rings is 1. The van der Waals surface area contributed by atoms with E-state index < -0.39 is 29.4 Å². The Morgan fingerprint density at radius 1 is 0.861 bits per heavy atom. The fraction of sp³-hybridized carbons (Fsp3) is 0.167. The van der Waals surface area contributed by atoms with Crippen molar-refractivity contribution < 1.29 is 45.3 Å². The molecule has 1 N–H and O–H groups in total. The Morgan fingerprint density at radius 2 is 1.44 bits per heavy atom. The summed E-state index contributed by atoms with van der Waals surface area (Å²) in [5.41, 5.74) is -1.70. The van der Waals surface area contributed by atoms with E-state index in [0.717, 1.165) is 36.4 Å². The Labute approximate surface area is 199 Å². The first kappa shape index (κ1) is 24.9. The van der Waals surface area contributed by atoms with Crippen LogP contribution in [0, 0.1) is 0 Å². The lowest BCUT2D eigenvalue weighted by Crippen LogP contribution is -2.05. The molecule has 2 aromatic heterocycles. The van der Waals surface area contributed by atoms with E-state index in [0.29, 0.717) is 0 Å². The monoisotopic (exact) mass is 510 g/mol. The molecule has 0 aliphatic heterocycles. The second-order valence-electron chi connectivity index (χ2n) is 7.39. The van der Waals surface area contributed by atoms with Crippen LogP contribution in [-0.2, 0) is 17.1 Å². The molecule has 4 rings (SSSR count). The number of carbonyl (C=O) groups excluding carboxylic acids is 1. The lowest BCUT2D eigenvalue weighted by atomic mass is 10.2. The average Bonchev–Trinajstić information content (AvgIpc) is 3.23. The number of hydrogen-bond acceptors (Lipinski definition) is 5. The summed E-state index contributed by atoms with van der Waals surface area (Å²) in [6, 6.07) is 10.7. The van der Waals surface area contributed by atoms with Gasteiger partial charge in [-0.1, -0.05) is 12.1 Å². The number of hydrogen-bond donors (Lipinski definition) is 1. The van der Waals surface area contributed by atoms with Crippen LogP contribution in [0.15, 0.2) is 60.7 Å². The van der Waals surface area contributed by atoms with Crippen LogP contribution < -0.4 is 9.47 Å². The molecule has 0 saturated carbocycles. The van der Waals surface area contributed by atoms with Crippen LogP contribution in [0.4, 0.5) is 26.3 Å². The number of nitrogens with one attached hydrogen (secondary N) is 1. The molecule has 0 amide bonds. The fourth-order valence-corrected chi connectivity index (χ4v) is 3.23. The zero-order chi connectivity index (χ0) is 26.1. The van der Waals surface area contributed by atoms with Gasteiger partial charge in [0.05, 0.1) is 28.6 Å². The van der Waals surface area contributed by atoms with Gasteiger partial charge in [0.25, 0.3) is 0 Å². The lowest BCUT2D eigenvalue weighted by molar-refractivity contribution is -0.138. The van der Waals surface area contributed by atoms with Crippen molar-refractivity contribution >= 4 is 16.9 Å². The van der Waals surface area contributed by atoms with Crippen LogP contribution in [0.3, 0.4) is 0 Å². The van der Waals surface area contributed by atoms with Crippen molar-refractivity contribution in [2.75, 3.05) is 6.61 Å². The summed E-state index contributed by atoms with van der Waals surface area (Å²) < 4.78 is 94.6. The van der Waals surface area contributed by atoms with Crippen molar-refractivity contribution in [2.24, 2.45) is 0 Å². The molecular weight excluding hydrogens is 494 g/mol. The zero-order valence-corrected chi connectivity index (χ0v) is 18.3. The number of esters is 1. The van der Waals surface area contributed by atoms with Crippen LogP contribution in [0.1, 0.15) is 28.5 Å². The predicted octanol–water partition coefficient (Wildman–Crippen LogP) is 7.36. The number of alkyl halides is 6. The number of aromatic amines is 1. The molecule has 0 aliphatic rings. The number of carbonyl (C=O) groups is 1. The van der Waals surface area contributed by atoms with E-state index in [-0.39, 0.29) is 46.5 Å². The minimum absolute atomic E-state index is 0.00115. The van der Waals surface area contributed by atoms with Crippen LogP contribution in [0.25, 0.3) is 10.9 Å². The van der Waals surface area contributed by atoms with Crippen molar-refractivity contribution in [3.05, 3.63) is 77.5 Å². The minimum Gasteiger partial charge on any atom is -0.461 e. The molecule has 12 heteroatoms. The lowest BCUT2D eigenvalue weighted by Gasteiger charge is -2.12. The van der Waals surface area contributed by atoms with Gasteiger partial charge in [-0.25, -0.2) is 4.79 Å². The van der Waals surface area contributed by atoms with Crippen molar-refractivity contribution in [2.45, 2.75) is 19.3 Å². The molecule has 36 heavy (non-hydrogen) atoms. The van der Waals surface area contributed by atoms with E-state index in [1.54, 1.807) is 6.92 Å². The summed E-state index contributed by atoms with van der Waals surface area (Å²) in [6.45, 7) is 1.69. The molecule has 0 radical (unpaired) electrons. The van der Waals surface area contributed by atoms with Crippen molar-refractivity contribution in [3.8, 4) is 23.3 Å². The Morgan fingerprint density at radius 3 is 2.00 bits per heavy atom. The zero-order valence-electron chi connectivity index (χ0n) is 18.3. The molecule has 0 unspecified atom stereocenters. The minimum atomic E-state index is -4.62. The average molecular weight is 510 g/mol. The number of fused-ring (bicyclic) bond motifs is 1. The molecule has 0 saturated heterocycles. The van der Waals surface area contributed by atoms with E-state index in [4.69, 9.17) is 14.2 Å². The third-order valence-electron chi connectivity index (χ3n) is 4.81. The molecule has 2 heterocycles. The molecule has 6 nitrogen and oxygen atoms in total. The van der Waals surface area contributed by atoms with Gasteiger partial charge in [-0.3, -0.25) is 0 Å². The van der Waals surface area contributed by atoms with E-state index in [1.165, 1.54) is 24.3 Å². The highest BCUT2D eigenvalue weighted by Crippen LogP contribution is 2.37. The normalized spacial score (nSPS) is 12.0. The Hall–Kier alpha value is -4.22. The fourth-order valence-electron chi connectivity index (χ4n) is 3.23. The highest BCUT2D eigenvalue weighted by atomic mass is 19.4. The van der Waals surface area contributed by atoms with Gasteiger partial charge < -0.3 is 19.2 Å². The number of aromatic nitrogens is 2. The highest BCUT2D eigenvalue weighted by Gasteiger charge is 2.31. The summed E-state index contributed by atoms with van der Waals surface area (Å²) in [4.78, 5) is 19.1. The van der Waals surface area contributed by atoms with Crippen LogP contribution in [0.2, 0.25) is 0 Å². The summed E-state index contributed by atoms with van der Waals surface area (Å²) in [5.74, 6) is -1.60. The highest BCUT2D eigenvalue weighted by molar-refractivity contribution is 5.97. The molecule has 0 aliphatic carbocycles. The summed E-state index contributed by atoms with van der Waals surface area (Å²) in [7, 11) is 0. The maximum absolute atomic E-state index is 13.1. The van der Waals surface area contributed by atoms with Crippen LogP contribution >= 0.6 is 0 Å². The molecule has 0 atom stereocenters. The van der Waals surface area contributed by atoms with Gasteiger partial charge in [-0.15, -0.1) is 0 Å². The van der Waals surface area contributed by atoms with E-state index in [9.17, 15) is 31.1 Å². The van der Waals surface area contributed by atoms with Gasteiger partial charge in [0.2, 0.25) is 11.8 Å². The van der Waals surface area contributed by atoms with Crippen molar-refractivity contribution in [1.82, 2.24) is 9.97 Å². The van der Waals surface area contributed by atoms with Crippen molar-refractivity contribution in [1.29, 1.82) is 0 Å². The number of nitrogens with zero attached hydrogens (tertiary/aromatic N) is 1. The number of H-pyrrole nitrogens is 1. The first-order valence-corrected chi connectivity index (χ1v) is 10.3. The molecule has 0 spiro atoms. The van der Waals surface area contributed by atoms with Crippen LogP contribution in [0.5, 0.6) is 23.3 Å². The predicted molar refractivity (Wildman–Crippen MR) is 115 cm³/mol. The topological polar surface area (TPSA) is 73.4 Å². The Kier molecular flexibility index (Phi) is 6.53. The van der Waals surface area contributed by atoms with Gasteiger partial charge in [-0.05, 0) is 49.4 Å². The summed E-state index contributed by atoms with van der Waals surface area (Å²) in [6.07, 6.45) is -9.23. The number of rotatable bonds is 6. The SMILES string of the molecule is CCOC(=O)c1cc2c(Oc3cccc(C(F)(F)F)c3)nc(Oc3cccc(C(F)(F)F)c3)cc2[nH]1. The first-order chi connectivity index (χ1) is 16.9. The largest absolute Gasteiger partial charge is 0.461 e. The Bertz CT molecular complexity index is 1410. The third-order valence-corrected chi connectivity index (χ3v) is 4.81.